The molecule has 0 aromatic heterocycles. The van der Waals surface area contributed by atoms with E-state index in [0.717, 1.165) is 4.31 Å². The molecule has 0 spiro atoms. The van der Waals surface area contributed by atoms with Gasteiger partial charge in [0, 0.05) is 27.2 Å². The van der Waals surface area contributed by atoms with Crippen molar-refractivity contribution in [3.05, 3.63) is 29.3 Å². The highest BCUT2D eigenvalue weighted by molar-refractivity contribution is 7.89. The molecule has 1 fully saturated rings. The molecule has 0 N–H and O–H groups in total. The van der Waals surface area contributed by atoms with Crippen molar-refractivity contribution in [2.75, 3.05) is 33.8 Å². The molecule has 0 radical (unpaired) electrons. The SMILES string of the molecule is Cc1ccc(S(=O)(=O)N(C)C)cc1C(=O)OCC(=O)N1C[C@@H](C)O[C@@H](C)C1. The Labute approximate surface area is 160 Å². The molecule has 1 aliphatic heterocycles. The number of nitrogens with zero attached hydrogens (tertiary/aromatic N) is 2. The second kappa shape index (κ2) is 8.37. The third kappa shape index (κ3) is 5.06. The first-order chi connectivity index (χ1) is 12.5. The van der Waals surface area contributed by atoms with Crippen LogP contribution in [0.1, 0.15) is 29.8 Å². The predicted molar refractivity (Wildman–Crippen MR) is 98.9 cm³/mol. The van der Waals surface area contributed by atoms with Gasteiger partial charge in [-0.15, -0.1) is 0 Å². The van der Waals surface area contributed by atoms with Crippen LogP contribution in [0.4, 0.5) is 0 Å². The third-order valence-electron chi connectivity index (χ3n) is 4.31. The zero-order chi connectivity index (χ0) is 20.4. The van der Waals surface area contributed by atoms with Crippen molar-refractivity contribution in [2.24, 2.45) is 0 Å². The summed E-state index contributed by atoms with van der Waals surface area (Å²) in [5, 5.41) is 0. The maximum Gasteiger partial charge on any atom is 0.338 e. The lowest BCUT2D eigenvalue weighted by molar-refractivity contribution is -0.146. The molecule has 150 valence electrons. The van der Waals surface area contributed by atoms with Gasteiger partial charge in [-0.05, 0) is 38.5 Å². The number of rotatable bonds is 5. The summed E-state index contributed by atoms with van der Waals surface area (Å²) < 4.78 is 36.3. The predicted octanol–water partition coefficient (Wildman–Crippen LogP) is 1.04. The molecule has 0 aliphatic carbocycles. The van der Waals surface area contributed by atoms with Gasteiger partial charge < -0.3 is 14.4 Å². The zero-order valence-electron chi connectivity index (χ0n) is 16.3. The molecular weight excluding hydrogens is 372 g/mol. The van der Waals surface area contributed by atoms with Gasteiger partial charge in [0.25, 0.3) is 5.91 Å². The van der Waals surface area contributed by atoms with E-state index in [4.69, 9.17) is 9.47 Å². The minimum Gasteiger partial charge on any atom is -0.452 e. The highest BCUT2D eigenvalue weighted by Crippen LogP contribution is 2.19. The van der Waals surface area contributed by atoms with Crippen LogP contribution in [0, 0.1) is 6.92 Å². The van der Waals surface area contributed by atoms with E-state index >= 15 is 0 Å². The molecule has 0 unspecified atom stereocenters. The maximum atomic E-state index is 12.4. The lowest BCUT2D eigenvalue weighted by Crippen LogP contribution is -2.49. The number of aryl methyl sites for hydroxylation is 1. The van der Waals surface area contributed by atoms with Crippen LogP contribution in [0.25, 0.3) is 0 Å². The first-order valence-corrected chi connectivity index (χ1v) is 10.1. The number of carbonyl (C=O) groups excluding carboxylic acids is 2. The largest absolute Gasteiger partial charge is 0.452 e. The summed E-state index contributed by atoms with van der Waals surface area (Å²) >= 11 is 0. The quantitative estimate of drug-likeness (QED) is 0.688. The van der Waals surface area contributed by atoms with E-state index in [1.165, 1.54) is 26.2 Å². The van der Waals surface area contributed by atoms with Crippen molar-refractivity contribution in [3.63, 3.8) is 0 Å². The summed E-state index contributed by atoms with van der Waals surface area (Å²) in [5.74, 6) is -1.04. The topological polar surface area (TPSA) is 93.2 Å². The zero-order valence-corrected chi connectivity index (χ0v) is 17.1. The Balaban J connectivity index is 2.09. The molecule has 0 saturated carbocycles. The van der Waals surface area contributed by atoms with Crippen LogP contribution >= 0.6 is 0 Å². The number of hydrogen-bond donors (Lipinski definition) is 0. The second-order valence-corrected chi connectivity index (χ2v) is 9.05. The molecular formula is C18H26N2O6S. The Hall–Kier alpha value is -1.97. The van der Waals surface area contributed by atoms with Crippen LogP contribution in [-0.2, 0) is 24.3 Å². The molecule has 1 saturated heterocycles. The fourth-order valence-corrected chi connectivity index (χ4v) is 3.80. The van der Waals surface area contributed by atoms with Gasteiger partial charge in [0.15, 0.2) is 6.61 Å². The molecule has 1 aromatic carbocycles. The van der Waals surface area contributed by atoms with E-state index in [9.17, 15) is 18.0 Å². The van der Waals surface area contributed by atoms with Crippen LogP contribution in [0.5, 0.6) is 0 Å². The van der Waals surface area contributed by atoms with Gasteiger partial charge in [-0.2, -0.15) is 0 Å². The fourth-order valence-electron chi connectivity index (χ4n) is 2.87. The van der Waals surface area contributed by atoms with Crippen molar-refractivity contribution < 1.29 is 27.5 Å². The molecule has 1 aromatic rings. The fraction of sp³-hybridized carbons (Fsp3) is 0.556. The first-order valence-electron chi connectivity index (χ1n) is 8.66. The number of esters is 1. The highest BCUT2D eigenvalue weighted by Gasteiger charge is 2.27. The van der Waals surface area contributed by atoms with E-state index in [1.807, 2.05) is 13.8 Å². The number of benzene rings is 1. The Morgan fingerprint density at radius 2 is 1.81 bits per heavy atom. The number of carbonyl (C=O) groups is 2. The minimum absolute atomic E-state index is 0.00722. The lowest BCUT2D eigenvalue weighted by Gasteiger charge is -2.35. The normalized spacial score (nSPS) is 20.6. The summed E-state index contributed by atoms with van der Waals surface area (Å²) in [4.78, 5) is 26.3. The first kappa shape index (κ1) is 21.3. The van der Waals surface area contributed by atoms with Crippen molar-refractivity contribution >= 4 is 21.9 Å². The molecule has 0 bridgehead atoms. The third-order valence-corrected chi connectivity index (χ3v) is 6.12. The van der Waals surface area contributed by atoms with Crippen LogP contribution in [-0.4, -0.2) is 75.5 Å². The van der Waals surface area contributed by atoms with Crippen molar-refractivity contribution in [3.8, 4) is 0 Å². The van der Waals surface area contributed by atoms with E-state index in [0.29, 0.717) is 18.7 Å². The van der Waals surface area contributed by atoms with E-state index in [1.54, 1.807) is 17.9 Å². The number of morpholine rings is 1. The molecule has 2 atom stereocenters. The average Bonchev–Trinajstić information content (AvgIpc) is 2.58. The number of hydrogen-bond acceptors (Lipinski definition) is 6. The monoisotopic (exact) mass is 398 g/mol. The standard InChI is InChI=1S/C18H26N2O6S/c1-12-6-7-15(27(23,24)19(4)5)8-16(12)18(22)25-11-17(21)20-9-13(2)26-14(3)10-20/h6-8,13-14H,9-11H2,1-5H3/t13-,14+. The van der Waals surface area contributed by atoms with E-state index in [-0.39, 0.29) is 28.6 Å². The summed E-state index contributed by atoms with van der Waals surface area (Å²) in [5.41, 5.74) is 0.688. The maximum absolute atomic E-state index is 12.4. The summed E-state index contributed by atoms with van der Waals surface area (Å²) in [6.07, 6.45) is -0.160. The van der Waals surface area contributed by atoms with E-state index < -0.39 is 22.6 Å². The van der Waals surface area contributed by atoms with Gasteiger partial charge in [-0.1, -0.05) is 6.07 Å². The smallest absolute Gasteiger partial charge is 0.338 e. The Bertz CT molecular complexity index is 811. The van der Waals surface area contributed by atoms with Gasteiger partial charge >= 0.3 is 5.97 Å². The molecule has 1 heterocycles. The molecule has 8 nitrogen and oxygen atoms in total. The van der Waals surface area contributed by atoms with Gasteiger partial charge in [0.1, 0.15) is 0 Å². The van der Waals surface area contributed by atoms with Crippen molar-refractivity contribution in [2.45, 2.75) is 37.9 Å². The van der Waals surface area contributed by atoms with Crippen molar-refractivity contribution in [1.82, 2.24) is 9.21 Å². The number of sulfonamides is 1. The van der Waals surface area contributed by atoms with Gasteiger partial charge in [-0.3, -0.25) is 4.79 Å². The van der Waals surface area contributed by atoms with Gasteiger partial charge in [-0.25, -0.2) is 17.5 Å². The molecule has 1 aliphatic rings. The Morgan fingerprint density at radius 1 is 1.22 bits per heavy atom. The van der Waals surface area contributed by atoms with E-state index in [2.05, 4.69) is 0 Å². The van der Waals surface area contributed by atoms with Gasteiger partial charge in [0.2, 0.25) is 10.0 Å². The number of ether oxygens (including phenoxy) is 2. The van der Waals surface area contributed by atoms with Gasteiger partial charge in [0.05, 0.1) is 22.7 Å². The average molecular weight is 398 g/mol. The molecule has 2 rings (SSSR count). The van der Waals surface area contributed by atoms with Crippen molar-refractivity contribution in [1.29, 1.82) is 0 Å². The minimum atomic E-state index is -3.67. The summed E-state index contributed by atoms with van der Waals surface area (Å²) in [7, 11) is -0.848. The molecule has 27 heavy (non-hydrogen) atoms. The van der Waals surface area contributed by atoms with Crippen LogP contribution < -0.4 is 0 Å². The van der Waals surface area contributed by atoms with Crippen LogP contribution in [0.2, 0.25) is 0 Å². The second-order valence-electron chi connectivity index (χ2n) is 6.90. The molecule has 1 amide bonds. The number of amides is 1. The van der Waals surface area contributed by atoms with Crippen LogP contribution in [0.15, 0.2) is 23.1 Å². The lowest BCUT2D eigenvalue weighted by atomic mass is 10.1. The Kier molecular flexibility index (Phi) is 6.61. The highest BCUT2D eigenvalue weighted by atomic mass is 32.2. The summed E-state index contributed by atoms with van der Waals surface area (Å²) in [6, 6.07) is 4.25. The molecule has 9 heteroatoms. The Morgan fingerprint density at radius 3 is 2.37 bits per heavy atom. The van der Waals surface area contributed by atoms with Crippen LogP contribution in [0.3, 0.4) is 0 Å². The summed E-state index contributed by atoms with van der Waals surface area (Å²) in [6.45, 7) is 5.91.